The van der Waals surface area contributed by atoms with Crippen LogP contribution < -0.4 is 0 Å². The lowest BCUT2D eigenvalue weighted by Crippen LogP contribution is -2.52. The highest BCUT2D eigenvalue weighted by molar-refractivity contribution is 9.10. The van der Waals surface area contributed by atoms with Gasteiger partial charge in [0.15, 0.2) is 0 Å². The molecule has 0 saturated carbocycles. The van der Waals surface area contributed by atoms with Crippen LogP contribution in [0, 0.1) is 5.92 Å². The van der Waals surface area contributed by atoms with Gasteiger partial charge in [-0.05, 0) is 34.0 Å². The number of aromatic nitrogens is 1. The molecule has 0 aliphatic carbocycles. The zero-order chi connectivity index (χ0) is 18.6. The standard InChI is InChI=1S/C21H24BrN3O2/c22-19-10-17(11-23-12-19)21(26)25-7-6-20-18(14-25)15-27-9-8-24(20)13-16-4-2-1-3-5-16/h1-5,10-12,18,20H,6-9,13-15H2. The third kappa shape index (κ3) is 4.39. The number of pyridine rings is 1. The molecule has 1 amide bonds. The molecule has 0 bridgehead atoms. The Balaban J connectivity index is 1.46. The Morgan fingerprint density at radius 3 is 2.89 bits per heavy atom. The summed E-state index contributed by atoms with van der Waals surface area (Å²) in [6.45, 7) is 4.87. The van der Waals surface area contributed by atoms with E-state index in [9.17, 15) is 4.79 Å². The fourth-order valence-electron chi connectivity index (χ4n) is 4.16. The molecule has 1 aromatic carbocycles. The second kappa shape index (κ2) is 8.50. The summed E-state index contributed by atoms with van der Waals surface area (Å²) < 4.78 is 6.71. The summed E-state index contributed by atoms with van der Waals surface area (Å²) in [7, 11) is 0. The van der Waals surface area contributed by atoms with Gasteiger partial charge in [-0.2, -0.15) is 0 Å². The molecule has 3 heterocycles. The summed E-state index contributed by atoms with van der Waals surface area (Å²) in [5.41, 5.74) is 1.97. The molecule has 2 aromatic rings. The van der Waals surface area contributed by atoms with Crippen molar-refractivity contribution in [2.24, 2.45) is 5.92 Å². The van der Waals surface area contributed by atoms with Crippen LogP contribution in [0.15, 0.2) is 53.3 Å². The summed E-state index contributed by atoms with van der Waals surface area (Å²) >= 11 is 3.40. The van der Waals surface area contributed by atoms with Gasteiger partial charge in [-0.25, -0.2) is 0 Å². The van der Waals surface area contributed by atoms with Crippen LogP contribution in [0.4, 0.5) is 0 Å². The molecule has 5 nitrogen and oxygen atoms in total. The van der Waals surface area contributed by atoms with Crippen molar-refractivity contribution < 1.29 is 9.53 Å². The first-order valence-electron chi connectivity index (χ1n) is 9.46. The lowest BCUT2D eigenvalue weighted by Gasteiger charge is -2.42. The summed E-state index contributed by atoms with van der Waals surface area (Å²) in [5, 5.41) is 0. The van der Waals surface area contributed by atoms with Crippen LogP contribution in [0.1, 0.15) is 22.3 Å². The van der Waals surface area contributed by atoms with E-state index in [1.807, 2.05) is 11.0 Å². The van der Waals surface area contributed by atoms with E-state index in [0.29, 0.717) is 17.5 Å². The first kappa shape index (κ1) is 18.6. The monoisotopic (exact) mass is 429 g/mol. The van der Waals surface area contributed by atoms with Gasteiger partial charge in [-0.15, -0.1) is 0 Å². The number of amides is 1. The molecule has 2 aliphatic rings. The van der Waals surface area contributed by atoms with Crippen molar-refractivity contribution in [3.05, 3.63) is 64.4 Å². The number of hydrogen-bond donors (Lipinski definition) is 0. The molecule has 2 saturated heterocycles. The van der Waals surface area contributed by atoms with Crippen molar-refractivity contribution in [1.82, 2.24) is 14.8 Å². The van der Waals surface area contributed by atoms with Crippen molar-refractivity contribution in [2.75, 3.05) is 32.8 Å². The first-order chi connectivity index (χ1) is 13.2. The van der Waals surface area contributed by atoms with Crippen LogP contribution in [0.25, 0.3) is 0 Å². The summed E-state index contributed by atoms with van der Waals surface area (Å²) in [4.78, 5) is 21.5. The number of hydrogen-bond acceptors (Lipinski definition) is 4. The number of halogens is 1. The Hall–Kier alpha value is -1.76. The topological polar surface area (TPSA) is 45.7 Å². The lowest BCUT2D eigenvalue weighted by molar-refractivity contribution is 0.0370. The minimum atomic E-state index is 0.0566. The zero-order valence-corrected chi connectivity index (χ0v) is 16.8. The van der Waals surface area contributed by atoms with Gasteiger partial charge >= 0.3 is 0 Å². The molecule has 2 aliphatic heterocycles. The van der Waals surface area contributed by atoms with E-state index in [0.717, 1.165) is 50.3 Å². The van der Waals surface area contributed by atoms with E-state index in [1.54, 1.807) is 12.4 Å². The van der Waals surface area contributed by atoms with E-state index < -0.39 is 0 Å². The maximum Gasteiger partial charge on any atom is 0.255 e. The lowest BCUT2D eigenvalue weighted by atomic mass is 9.90. The molecular weight excluding hydrogens is 406 g/mol. The van der Waals surface area contributed by atoms with Gasteiger partial charge in [0.2, 0.25) is 0 Å². The minimum absolute atomic E-state index is 0.0566. The van der Waals surface area contributed by atoms with E-state index in [2.05, 4.69) is 56.1 Å². The number of nitrogens with zero attached hydrogens (tertiary/aromatic N) is 3. The van der Waals surface area contributed by atoms with Crippen LogP contribution in [-0.2, 0) is 11.3 Å². The Bertz CT molecular complexity index is 786. The van der Waals surface area contributed by atoms with Gasteiger partial charge in [0.05, 0.1) is 18.8 Å². The molecule has 0 radical (unpaired) electrons. The minimum Gasteiger partial charge on any atom is -0.380 e. The third-order valence-corrected chi connectivity index (χ3v) is 5.92. The van der Waals surface area contributed by atoms with Crippen molar-refractivity contribution in [1.29, 1.82) is 0 Å². The molecule has 0 N–H and O–H groups in total. The Kier molecular flexibility index (Phi) is 5.86. The summed E-state index contributed by atoms with van der Waals surface area (Å²) in [6.07, 6.45) is 4.32. The van der Waals surface area contributed by atoms with Crippen molar-refractivity contribution in [3.8, 4) is 0 Å². The number of ether oxygens (including phenoxy) is 1. The molecular formula is C21H24BrN3O2. The van der Waals surface area contributed by atoms with Gasteiger partial charge in [-0.1, -0.05) is 30.3 Å². The van der Waals surface area contributed by atoms with Gasteiger partial charge in [-0.3, -0.25) is 14.7 Å². The number of rotatable bonds is 3. The molecule has 2 fully saturated rings. The fraction of sp³-hybridized carbons (Fsp3) is 0.429. The van der Waals surface area contributed by atoms with Gasteiger partial charge in [0.1, 0.15) is 0 Å². The van der Waals surface area contributed by atoms with E-state index in [4.69, 9.17) is 4.74 Å². The van der Waals surface area contributed by atoms with Gasteiger partial charge < -0.3 is 9.64 Å². The normalized spacial score (nSPS) is 23.5. The molecule has 4 rings (SSSR count). The van der Waals surface area contributed by atoms with Gasteiger partial charge in [0, 0.05) is 55.0 Å². The molecule has 2 unspecified atom stereocenters. The Morgan fingerprint density at radius 2 is 2.07 bits per heavy atom. The predicted octanol–water partition coefficient (Wildman–Crippen LogP) is 3.21. The number of fused-ring (bicyclic) bond motifs is 1. The van der Waals surface area contributed by atoms with Crippen molar-refractivity contribution >= 4 is 21.8 Å². The number of carbonyl (C=O) groups excluding carboxylic acids is 1. The number of carbonyl (C=O) groups is 1. The average Bonchev–Trinajstić information content (AvgIpc) is 2.90. The predicted molar refractivity (Wildman–Crippen MR) is 107 cm³/mol. The maximum absolute atomic E-state index is 12.9. The summed E-state index contributed by atoms with van der Waals surface area (Å²) in [6, 6.07) is 12.9. The third-order valence-electron chi connectivity index (χ3n) is 5.49. The second-order valence-corrected chi connectivity index (χ2v) is 8.21. The van der Waals surface area contributed by atoms with Crippen LogP contribution in [-0.4, -0.2) is 59.6 Å². The molecule has 0 spiro atoms. The van der Waals surface area contributed by atoms with Crippen LogP contribution >= 0.6 is 15.9 Å². The molecule has 142 valence electrons. The maximum atomic E-state index is 12.9. The Labute approximate surface area is 168 Å². The van der Waals surface area contributed by atoms with E-state index in [-0.39, 0.29) is 5.91 Å². The largest absolute Gasteiger partial charge is 0.380 e. The number of benzene rings is 1. The highest BCUT2D eigenvalue weighted by Crippen LogP contribution is 2.27. The average molecular weight is 430 g/mol. The van der Waals surface area contributed by atoms with Crippen LogP contribution in [0.3, 0.4) is 0 Å². The highest BCUT2D eigenvalue weighted by atomic mass is 79.9. The smallest absolute Gasteiger partial charge is 0.255 e. The van der Waals surface area contributed by atoms with Crippen molar-refractivity contribution in [2.45, 2.75) is 19.0 Å². The van der Waals surface area contributed by atoms with Crippen LogP contribution in [0.2, 0.25) is 0 Å². The molecule has 27 heavy (non-hydrogen) atoms. The summed E-state index contributed by atoms with van der Waals surface area (Å²) in [5.74, 6) is 0.398. The fourth-order valence-corrected chi connectivity index (χ4v) is 4.52. The molecule has 2 atom stereocenters. The second-order valence-electron chi connectivity index (χ2n) is 7.29. The quantitative estimate of drug-likeness (QED) is 0.751. The molecule has 1 aromatic heterocycles. The van der Waals surface area contributed by atoms with E-state index in [1.165, 1.54) is 5.56 Å². The SMILES string of the molecule is O=C(c1cncc(Br)c1)N1CCC2C(COCCN2Cc2ccccc2)C1. The first-order valence-corrected chi connectivity index (χ1v) is 10.3. The Morgan fingerprint density at radius 1 is 1.22 bits per heavy atom. The van der Waals surface area contributed by atoms with Crippen molar-refractivity contribution in [3.63, 3.8) is 0 Å². The van der Waals surface area contributed by atoms with Crippen LogP contribution in [0.5, 0.6) is 0 Å². The number of likely N-dealkylation sites (tertiary alicyclic amines) is 1. The molecule has 6 heteroatoms. The zero-order valence-electron chi connectivity index (χ0n) is 15.3. The highest BCUT2D eigenvalue weighted by Gasteiger charge is 2.36. The van der Waals surface area contributed by atoms with Gasteiger partial charge in [0.25, 0.3) is 5.91 Å². The number of piperidine rings is 1. The van der Waals surface area contributed by atoms with E-state index >= 15 is 0 Å².